The summed E-state index contributed by atoms with van der Waals surface area (Å²) in [6.45, 7) is 25.6. The molecule has 12 aromatic carbocycles. The van der Waals surface area contributed by atoms with Crippen LogP contribution in [-0.4, -0.2) is 214 Å². The summed E-state index contributed by atoms with van der Waals surface area (Å²) in [5, 5.41) is 31.2. The number of nitrogens with zero attached hydrogens (tertiary/aromatic N) is 8. The van der Waals surface area contributed by atoms with Gasteiger partial charge in [0.2, 0.25) is 0 Å². The summed E-state index contributed by atoms with van der Waals surface area (Å²) < 4.78 is 24.9. The Morgan fingerprint density at radius 1 is 0.197 bits per heavy atom. The average Bonchev–Trinajstić information content (AvgIpc) is 1.68. The fourth-order valence-electron chi connectivity index (χ4n) is 17.2. The lowest BCUT2D eigenvalue weighted by atomic mass is 10.0. The predicted octanol–water partition coefficient (Wildman–Crippen LogP) is 20.0. The molecular formula is C112H112N8O12. The summed E-state index contributed by atoms with van der Waals surface area (Å²) in [5.41, 5.74) is 20.4. The number of aliphatic carboxylic acids is 4. The van der Waals surface area contributed by atoms with Crippen LogP contribution < -0.4 is 18.9 Å². The Hall–Kier alpha value is -14.2. The average molecular weight is 1760 g/mol. The fourth-order valence-corrected chi connectivity index (χ4v) is 17.2. The molecule has 0 amide bonds. The molecule has 4 saturated heterocycles. The van der Waals surface area contributed by atoms with Crippen molar-refractivity contribution in [2.24, 2.45) is 0 Å². The first kappa shape index (κ1) is 92.6. The van der Waals surface area contributed by atoms with Crippen LogP contribution >= 0.6 is 0 Å². The Balaban J connectivity index is 0.000000127. The molecule has 12 aromatic rings. The highest BCUT2D eigenvalue weighted by Crippen LogP contribution is 2.43. The van der Waals surface area contributed by atoms with Crippen LogP contribution in [-0.2, 0) is 45.4 Å². The zero-order valence-electron chi connectivity index (χ0n) is 74.2. The Morgan fingerprint density at radius 2 is 0.348 bits per heavy atom. The van der Waals surface area contributed by atoms with E-state index in [-0.39, 0.29) is 0 Å². The van der Waals surface area contributed by atoms with Crippen molar-refractivity contribution in [2.45, 2.75) is 26.2 Å². The van der Waals surface area contributed by atoms with Crippen LogP contribution in [0.5, 0.6) is 46.0 Å². The number of para-hydroxylation sites is 8. The van der Waals surface area contributed by atoms with E-state index >= 15 is 0 Å². The molecule has 0 radical (unpaired) electrons. The highest BCUT2D eigenvalue weighted by atomic mass is 16.5. The fraction of sp³-hybridized carbons (Fsp3) is 0.214. The van der Waals surface area contributed by atoms with Gasteiger partial charge < -0.3 is 39.4 Å². The van der Waals surface area contributed by atoms with Gasteiger partial charge in [-0.25, -0.2) is 19.2 Å². The topological polar surface area (TPSA) is 212 Å². The van der Waals surface area contributed by atoms with Crippen molar-refractivity contribution < 1.29 is 58.6 Å². The maximum atomic E-state index is 9.55. The largest absolute Gasteiger partial charge is 0.478 e. The first-order chi connectivity index (χ1) is 64.6. The molecule has 672 valence electrons. The van der Waals surface area contributed by atoms with Gasteiger partial charge in [-0.1, -0.05) is 267 Å². The van der Waals surface area contributed by atoms with Gasteiger partial charge in [-0.2, -0.15) is 0 Å². The van der Waals surface area contributed by atoms with E-state index in [1.54, 1.807) is 0 Å². The van der Waals surface area contributed by atoms with Crippen LogP contribution in [0.25, 0.3) is 46.6 Å². The van der Waals surface area contributed by atoms with E-state index in [4.69, 9.17) is 39.4 Å². The lowest BCUT2D eigenvalue weighted by Crippen LogP contribution is -2.46. The molecule has 8 aliphatic heterocycles. The molecule has 132 heavy (non-hydrogen) atoms. The second-order valence-corrected chi connectivity index (χ2v) is 33.4. The number of ether oxygens (including phenoxy) is 4. The molecule has 0 unspecified atom stereocenters. The zero-order valence-corrected chi connectivity index (χ0v) is 74.2. The number of piperazine rings is 4. The normalized spacial score (nSPS) is 16.0. The van der Waals surface area contributed by atoms with Gasteiger partial charge in [-0.15, -0.1) is 0 Å². The van der Waals surface area contributed by atoms with Gasteiger partial charge >= 0.3 is 23.9 Å². The van der Waals surface area contributed by atoms with E-state index in [1.807, 2.05) is 72.8 Å². The maximum Gasteiger partial charge on any atom is 0.328 e. The number of hydrogen-bond acceptors (Lipinski definition) is 16. The molecule has 0 bridgehead atoms. The van der Waals surface area contributed by atoms with Crippen molar-refractivity contribution in [3.05, 3.63) is 407 Å². The van der Waals surface area contributed by atoms with Crippen molar-refractivity contribution in [1.82, 2.24) is 39.2 Å². The van der Waals surface area contributed by atoms with Gasteiger partial charge in [0, 0.05) is 226 Å². The zero-order chi connectivity index (χ0) is 91.0. The third-order valence-corrected chi connectivity index (χ3v) is 24.0. The number of carboxylic acids is 4. The molecule has 0 aliphatic carbocycles. The second kappa shape index (κ2) is 47.4. The molecule has 20 heteroatoms. The number of benzene rings is 12. The molecule has 8 aliphatic rings. The summed E-state index contributed by atoms with van der Waals surface area (Å²) in [7, 11) is 0. The summed E-state index contributed by atoms with van der Waals surface area (Å²) >= 11 is 0. The number of carbonyl (C=O) groups is 4. The van der Waals surface area contributed by atoms with Crippen molar-refractivity contribution in [2.75, 3.05) is 131 Å². The second-order valence-electron chi connectivity index (χ2n) is 33.4. The number of fused-ring (bicyclic) bond motifs is 8. The molecule has 0 aromatic heterocycles. The molecular weight excluding hydrogens is 1650 g/mol. The molecule has 0 atom stereocenters. The van der Waals surface area contributed by atoms with E-state index in [0.717, 1.165) is 225 Å². The van der Waals surface area contributed by atoms with Crippen LogP contribution in [0.2, 0.25) is 0 Å². The standard InChI is InChI=1S/4C26H26N2O.2C4H4O4/c4*1-2-8-21(9-3-1)19-27-14-16-28(17-15-27)20-23-18-22-10-4-6-12-25(22)29-26-13-7-5-11-24(23)26;2*5-3(6)1-2-4(7)8/h4*1-13,18H,14-17,19-20H2;2*1-2H,(H,5,6)(H,7,8). The minimum atomic E-state index is -1.26. The minimum Gasteiger partial charge on any atom is -0.478 e. The molecule has 0 spiro atoms. The van der Waals surface area contributed by atoms with Crippen LogP contribution in [0.3, 0.4) is 0 Å². The van der Waals surface area contributed by atoms with E-state index < -0.39 is 23.9 Å². The lowest BCUT2D eigenvalue weighted by Gasteiger charge is -2.35. The molecule has 20 rings (SSSR count). The van der Waals surface area contributed by atoms with Gasteiger partial charge in [-0.05, 0) is 117 Å². The van der Waals surface area contributed by atoms with E-state index in [0.29, 0.717) is 24.3 Å². The van der Waals surface area contributed by atoms with Gasteiger partial charge in [-0.3, -0.25) is 39.2 Å². The molecule has 0 saturated carbocycles. The van der Waals surface area contributed by atoms with Crippen molar-refractivity contribution >= 4 is 70.5 Å². The summed E-state index contributed by atoms with van der Waals surface area (Å²) in [4.78, 5) is 58.7. The van der Waals surface area contributed by atoms with Crippen LogP contribution in [0.4, 0.5) is 0 Å². The molecule has 20 nitrogen and oxygen atoms in total. The third-order valence-electron chi connectivity index (χ3n) is 24.0. The molecule has 8 heterocycles. The minimum absolute atomic E-state index is 0.558. The Bertz CT molecular complexity index is 5300. The van der Waals surface area contributed by atoms with Gasteiger partial charge in [0.05, 0.1) is 0 Å². The summed E-state index contributed by atoms with van der Waals surface area (Å²) in [6, 6.07) is 110. The maximum absolute atomic E-state index is 9.55. The van der Waals surface area contributed by atoms with E-state index in [2.05, 4.69) is 306 Å². The Kier molecular flexibility index (Phi) is 33.2. The van der Waals surface area contributed by atoms with Crippen molar-refractivity contribution in [1.29, 1.82) is 0 Å². The highest BCUT2D eigenvalue weighted by molar-refractivity contribution is 5.93. The highest BCUT2D eigenvalue weighted by Gasteiger charge is 2.28. The SMILES string of the molecule is C1=C(CN2CCN(Cc3ccccc3)CC2)c2ccccc2Oc2ccccc21.C1=C(CN2CCN(Cc3ccccc3)CC2)c2ccccc2Oc2ccccc21.C1=C(CN2CCN(Cc3ccccc3)CC2)c2ccccc2Oc2ccccc21.C1=C(CN2CCN(Cc3ccccc3)CC2)c2ccccc2Oc2ccccc21.O=C(O)C=CC(=O)O.O=C(O)C=CC(=O)O. The van der Waals surface area contributed by atoms with Crippen molar-refractivity contribution in [3.8, 4) is 46.0 Å². The monoisotopic (exact) mass is 1760 g/mol. The molecule has 4 fully saturated rings. The smallest absolute Gasteiger partial charge is 0.328 e. The number of carboxylic acid groups (broad SMARTS) is 4. The van der Waals surface area contributed by atoms with Crippen LogP contribution in [0.15, 0.2) is 340 Å². The van der Waals surface area contributed by atoms with Crippen molar-refractivity contribution in [3.63, 3.8) is 0 Å². The quantitative estimate of drug-likeness (QED) is 0.0522. The number of rotatable bonds is 20. The van der Waals surface area contributed by atoms with E-state index in [9.17, 15) is 19.2 Å². The van der Waals surface area contributed by atoms with Gasteiger partial charge in [0.1, 0.15) is 46.0 Å². The first-order valence-electron chi connectivity index (χ1n) is 45.2. The number of hydrogen-bond donors (Lipinski definition) is 4. The lowest BCUT2D eigenvalue weighted by molar-refractivity contribution is -0.134. The van der Waals surface area contributed by atoms with E-state index in [1.165, 1.54) is 66.8 Å². The van der Waals surface area contributed by atoms with Gasteiger partial charge in [0.25, 0.3) is 0 Å². The van der Waals surface area contributed by atoms with Crippen LogP contribution in [0.1, 0.15) is 66.8 Å². The molecule has 4 N–H and O–H groups in total. The predicted molar refractivity (Wildman–Crippen MR) is 525 cm³/mol. The van der Waals surface area contributed by atoms with Gasteiger partial charge in [0.15, 0.2) is 0 Å². The Morgan fingerprint density at radius 3 is 0.530 bits per heavy atom. The first-order valence-corrected chi connectivity index (χ1v) is 45.2. The summed E-state index contributed by atoms with van der Waals surface area (Å²) in [5.74, 6) is 2.51. The van der Waals surface area contributed by atoms with Crippen LogP contribution in [0, 0.1) is 0 Å². The summed E-state index contributed by atoms with van der Waals surface area (Å²) in [6.07, 6.45) is 11.4. The Labute approximate surface area is 773 Å². The third kappa shape index (κ3) is 27.5.